The van der Waals surface area contributed by atoms with Crippen molar-refractivity contribution in [1.29, 1.82) is 0 Å². The minimum absolute atomic E-state index is 0.286. The van der Waals surface area contributed by atoms with Gasteiger partial charge in [0.05, 0.1) is 6.10 Å². The van der Waals surface area contributed by atoms with Crippen LogP contribution in [0.25, 0.3) is 0 Å². The Hall–Kier alpha value is -1.10. The zero-order valence-corrected chi connectivity index (χ0v) is 14.8. The van der Waals surface area contributed by atoms with Gasteiger partial charge in [0.2, 0.25) is 0 Å². The van der Waals surface area contributed by atoms with E-state index in [0.29, 0.717) is 6.61 Å². The first-order chi connectivity index (χ1) is 11.8. The first-order valence-electron chi connectivity index (χ1n) is 9.55. The van der Waals surface area contributed by atoms with Crippen molar-refractivity contribution in [2.75, 3.05) is 33.4 Å². The summed E-state index contributed by atoms with van der Waals surface area (Å²) in [5.41, 5.74) is 1.39. The molecule has 3 aliphatic heterocycles. The molecule has 0 amide bonds. The quantitative estimate of drug-likeness (QED) is 0.829. The monoisotopic (exact) mass is 330 g/mol. The lowest BCUT2D eigenvalue weighted by atomic mass is 10.1. The van der Waals surface area contributed by atoms with Crippen molar-refractivity contribution in [3.8, 4) is 5.75 Å². The molecule has 1 aromatic rings. The molecule has 3 saturated heterocycles. The van der Waals surface area contributed by atoms with E-state index in [4.69, 9.17) is 9.47 Å². The fourth-order valence-corrected chi connectivity index (χ4v) is 4.44. The Morgan fingerprint density at radius 2 is 1.92 bits per heavy atom. The lowest BCUT2D eigenvalue weighted by Gasteiger charge is -2.25. The first kappa shape index (κ1) is 16.4. The summed E-state index contributed by atoms with van der Waals surface area (Å²) in [6.07, 6.45) is 6.66. The molecular weight excluding hydrogens is 300 g/mol. The predicted octanol–water partition coefficient (Wildman–Crippen LogP) is 2.91. The van der Waals surface area contributed by atoms with Gasteiger partial charge in [-0.3, -0.25) is 9.80 Å². The molecule has 4 nitrogen and oxygen atoms in total. The van der Waals surface area contributed by atoms with Gasteiger partial charge in [-0.1, -0.05) is 12.1 Å². The molecule has 0 unspecified atom stereocenters. The molecule has 3 aliphatic rings. The van der Waals surface area contributed by atoms with Gasteiger partial charge >= 0.3 is 0 Å². The van der Waals surface area contributed by atoms with Gasteiger partial charge in [0.15, 0.2) is 0 Å². The van der Waals surface area contributed by atoms with Crippen LogP contribution in [0.15, 0.2) is 24.3 Å². The second-order valence-corrected chi connectivity index (χ2v) is 7.66. The van der Waals surface area contributed by atoms with Crippen LogP contribution in [0.5, 0.6) is 5.75 Å². The number of hydrogen-bond acceptors (Lipinski definition) is 4. The summed E-state index contributed by atoms with van der Waals surface area (Å²) in [5, 5.41) is 0. The van der Waals surface area contributed by atoms with Gasteiger partial charge in [0.1, 0.15) is 12.4 Å². The molecule has 0 spiro atoms. The van der Waals surface area contributed by atoms with E-state index in [1.807, 2.05) is 0 Å². The van der Waals surface area contributed by atoms with E-state index in [0.717, 1.165) is 37.4 Å². The molecule has 4 heteroatoms. The third-order valence-corrected chi connectivity index (χ3v) is 6.02. The summed E-state index contributed by atoms with van der Waals surface area (Å²) >= 11 is 0. The average molecular weight is 330 g/mol. The summed E-state index contributed by atoms with van der Waals surface area (Å²) in [6.45, 7) is 5.07. The van der Waals surface area contributed by atoms with Gasteiger partial charge in [-0.05, 0) is 56.8 Å². The Kier molecular flexibility index (Phi) is 5.06. The number of nitrogens with zero attached hydrogens (tertiary/aromatic N) is 2. The highest BCUT2D eigenvalue weighted by Crippen LogP contribution is 2.29. The van der Waals surface area contributed by atoms with Gasteiger partial charge in [-0.15, -0.1) is 0 Å². The lowest BCUT2D eigenvalue weighted by molar-refractivity contribution is 0.0679. The smallest absolute Gasteiger partial charge is 0.119 e. The zero-order chi connectivity index (χ0) is 16.4. The fourth-order valence-electron chi connectivity index (χ4n) is 4.44. The van der Waals surface area contributed by atoms with Crippen LogP contribution >= 0.6 is 0 Å². The zero-order valence-electron chi connectivity index (χ0n) is 14.8. The topological polar surface area (TPSA) is 24.9 Å². The number of rotatable bonds is 5. The standard InChI is InChI=1S/C20H30N2O2/c1-21-17-6-7-18(21)14-22(11-10-17)13-16-4-8-19(9-5-16)24-15-20-3-2-12-23-20/h4-5,8-9,17-18,20H,2-3,6-7,10-15H2,1H3/t17-,18-,20-/m0/s1. The van der Waals surface area contributed by atoms with Crippen molar-refractivity contribution in [3.63, 3.8) is 0 Å². The number of fused-ring (bicyclic) bond motifs is 2. The molecule has 0 radical (unpaired) electrons. The van der Waals surface area contributed by atoms with Gasteiger partial charge in [-0.25, -0.2) is 0 Å². The first-order valence-corrected chi connectivity index (χ1v) is 9.55. The minimum Gasteiger partial charge on any atom is -0.491 e. The fraction of sp³-hybridized carbons (Fsp3) is 0.700. The molecule has 132 valence electrons. The Morgan fingerprint density at radius 3 is 2.71 bits per heavy atom. The largest absolute Gasteiger partial charge is 0.491 e. The molecule has 3 fully saturated rings. The maximum Gasteiger partial charge on any atom is 0.119 e. The minimum atomic E-state index is 0.286. The molecule has 0 saturated carbocycles. The van der Waals surface area contributed by atoms with Crippen LogP contribution < -0.4 is 4.74 Å². The molecular formula is C20H30N2O2. The predicted molar refractivity (Wildman–Crippen MR) is 95.4 cm³/mol. The second kappa shape index (κ2) is 7.42. The summed E-state index contributed by atoms with van der Waals surface area (Å²) < 4.78 is 11.5. The van der Waals surface area contributed by atoms with Crippen LogP contribution in [0, 0.1) is 0 Å². The van der Waals surface area contributed by atoms with E-state index in [1.165, 1.54) is 44.3 Å². The summed E-state index contributed by atoms with van der Waals surface area (Å²) in [4.78, 5) is 5.24. The van der Waals surface area contributed by atoms with Crippen LogP contribution in [-0.4, -0.2) is 61.3 Å². The summed E-state index contributed by atoms with van der Waals surface area (Å²) in [5.74, 6) is 0.962. The number of likely N-dealkylation sites (tertiary alicyclic amines) is 1. The van der Waals surface area contributed by atoms with E-state index in [-0.39, 0.29) is 6.10 Å². The van der Waals surface area contributed by atoms with E-state index in [2.05, 4.69) is 41.1 Å². The van der Waals surface area contributed by atoms with Crippen LogP contribution in [0.4, 0.5) is 0 Å². The maximum atomic E-state index is 5.86. The van der Waals surface area contributed by atoms with Crippen molar-refractivity contribution in [2.45, 2.75) is 56.8 Å². The number of benzene rings is 1. The highest BCUT2D eigenvalue weighted by atomic mass is 16.5. The molecule has 1 aromatic carbocycles. The third kappa shape index (κ3) is 3.76. The molecule has 0 aromatic heterocycles. The van der Waals surface area contributed by atoms with Gasteiger partial charge < -0.3 is 9.47 Å². The van der Waals surface area contributed by atoms with E-state index >= 15 is 0 Å². The van der Waals surface area contributed by atoms with E-state index in [9.17, 15) is 0 Å². The molecule has 3 heterocycles. The molecule has 3 atom stereocenters. The normalized spacial score (nSPS) is 31.3. The van der Waals surface area contributed by atoms with Crippen LogP contribution in [0.2, 0.25) is 0 Å². The summed E-state index contributed by atoms with van der Waals surface area (Å²) in [7, 11) is 2.31. The van der Waals surface area contributed by atoms with Crippen molar-refractivity contribution in [3.05, 3.63) is 29.8 Å². The average Bonchev–Trinajstić information content (AvgIpc) is 3.18. The molecule has 24 heavy (non-hydrogen) atoms. The third-order valence-electron chi connectivity index (χ3n) is 6.02. The van der Waals surface area contributed by atoms with Gasteiger partial charge in [0, 0.05) is 38.3 Å². The van der Waals surface area contributed by atoms with Crippen molar-refractivity contribution in [2.24, 2.45) is 0 Å². The Morgan fingerprint density at radius 1 is 1.08 bits per heavy atom. The Bertz CT molecular complexity index is 527. The number of hydrogen-bond donors (Lipinski definition) is 0. The molecule has 4 rings (SSSR count). The van der Waals surface area contributed by atoms with Gasteiger partial charge in [-0.2, -0.15) is 0 Å². The van der Waals surface area contributed by atoms with Crippen molar-refractivity contribution in [1.82, 2.24) is 9.80 Å². The highest BCUT2D eigenvalue weighted by Gasteiger charge is 2.34. The van der Waals surface area contributed by atoms with Crippen LogP contribution in [0.3, 0.4) is 0 Å². The molecule has 0 N–H and O–H groups in total. The van der Waals surface area contributed by atoms with Crippen molar-refractivity contribution < 1.29 is 9.47 Å². The maximum absolute atomic E-state index is 5.86. The highest BCUT2D eigenvalue weighted by molar-refractivity contribution is 5.27. The van der Waals surface area contributed by atoms with Crippen molar-refractivity contribution >= 4 is 0 Å². The van der Waals surface area contributed by atoms with E-state index < -0.39 is 0 Å². The van der Waals surface area contributed by atoms with E-state index in [1.54, 1.807) is 0 Å². The van der Waals surface area contributed by atoms with Crippen LogP contribution in [-0.2, 0) is 11.3 Å². The lowest BCUT2D eigenvalue weighted by Crippen LogP contribution is -2.36. The molecule has 2 bridgehead atoms. The second-order valence-electron chi connectivity index (χ2n) is 7.66. The number of likely N-dealkylation sites (N-methyl/N-ethyl adjacent to an activating group) is 1. The summed E-state index contributed by atoms with van der Waals surface area (Å²) in [6, 6.07) is 10.2. The number of ether oxygens (including phenoxy) is 2. The van der Waals surface area contributed by atoms with Gasteiger partial charge in [0.25, 0.3) is 0 Å². The Labute approximate surface area is 145 Å². The molecule has 0 aliphatic carbocycles. The Balaban J connectivity index is 1.28. The van der Waals surface area contributed by atoms with Crippen LogP contribution in [0.1, 0.15) is 37.7 Å². The SMILES string of the molecule is CN1[C@H]2CC[C@H]1CN(Cc1ccc(OC[C@@H]3CCCO3)cc1)CC2.